The molecule has 5 nitrogen and oxygen atoms in total. The lowest BCUT2D eigenvalue weighted by molar-refractivity contribution is 0.0690. The number of carbonyl (C=O) groups is 1. The molecule has 0 aliphatic heterocycles. The van der Waals surface area contributed by atoms with Gasteiger partial charge in [-0.15, -0.1) is 0 Å². The monoisotopic (exact) mass is 275 g/mol. The molecule has 20 heavy (non-hydrogen) atoms. The first-order chi connectivity index (χ1) is 9.60. The minimum atomic E-state index is -1.13. The number of nitrogens with zero attached hydrogens (tertiary/aromatic N) is 2. The maximum Gasteiger partial charge on any atom is 0.354 e. The van der Waals surface area contributed by atoms with E-state index in [9.17, 15) is 9.18 Å². The molecule has 1 aromatic heterocycles. The molecule has 0 saturated carbocycles. The number of hydrogen-bond acceptors (Lipinski definition) is 4. The molecule has 2 rings (SSSR count). The lowest BCUT2D eigenvalue weighted by atomic mass is 10.2. The van der Waals surface area contributed by atoms with Gasteiger partial charge in [-0.2, -0.15) is 0 Å². The van der Waals surface area contributed by atoms with Gasteiger partial charge in [-0.3, -0.25) is 0 Å². The van der Waals surface area contributed by atoms with E-state index in [1.54, 1.807) is 0 Å². The van der Waals surface area contributed by atoms with E-state index in [1.807, 2.05) is 6.92 Å². The highest BCUT2D eigenvalue weighted by molar-refractivity contribution is 5.86. The van der Waals surface area contributed by atoms with Crippen molar-refractivity contribution in [3.05, 3.63) is 41.8 Å². The molecule has 6 heteroatoms. The van der Waals surface area contributed by atoms with Crippen LogP contribution in [0.4, 0.5) is 10.2 Å². The van der Waals surface area contributed by atoms with Crippen LogP contribution in [-0.2, 0) is 0 Å². The van der Waals surface area contributed by atoms with E-state index in [-0.39, 0.29) is 17.3 Å². The average molecular weight is 275 g/mol. The van der Waals surface area contributed by atoms with Crippen LogP contribution in [-0.4, -0.2) is 27.6 Å². The summed E-state index contributed by atoms with van der Waals surface area (Å²) in [5.74, 6) is -0.801. The largest absolute Gasteiger partial charge is 0.477 e. The number of hydrogen-bond donors (Lipinski definition) is 2. The van der Waals surface area contributed by atoms with E-state index >= 15 is 0 Å². The zero-order valence-corrected chi connectivity index (χ0v) is 10.9. The second-order valence-corrected chi connectivity index (χ2v) is 4.20. The van der Waals surface area contributed by atoms with E-state index in [0.717, 1.165) is 6.42 Å². The lowest BCUT2D eigenvalue weighted by Gasteiger charge is -2.07. The Morgan fingerprint density at radius 1 is 1.30 bits per heavy atom. The van der Waals surface area contributed by atoms with E-state index in [0.29, 0.717) is 17.9 Å². The van der Waals surface area contributed by atoms with E-state index < -0.39 is 5.97 Å². The number of aromatic carboxylic acids is 1. The lowest BCUT2D eigenvalue weighted by Crippen LogP contribution is -2.08. The molecule has 0 saturated heterocycles. The topological polar surface area (TPSA) is 75.1 Å². The number of carboxylic acid groups (broad SMARTS) is 1. The van der Waals surface area contributed by atoms with Gasteiger partial charge in [0.15, 0.2) is 11.5 Å². The molecular formula is C14H14FN3O2. The molecule has 0 aliphatic carbocycles. The van der Waals surface area contributed by atoms with Crippen LogP contribution in [0, 0.1) is 5.82 Å². The first kappa shape index (κ1) is 13.9. The van der Waals surface area contributed by atoms with Gasteiger partial charge in [0.25, 0.3) is 0 Å². The Kier molecular flexibility index (Phi) is 4.24. The summed E-state index contributed by atoms with van der Waals surface area (Å²) in [7, 11) is 0. The second-order valence-electron chi connectivity index (χ2n) is 4.20. The van der Waals surface area contributed by atoms with Gasteiger partial charge in [0.1, 0.15) is 11.6 Å². The normalized spacial score (nSPS) is 10.3. The molecule has 2 N–H and O–H groups in total. The molecule has 1 heterocycles. The predicted octanol–water partition coefficient (Wildman–Crippen LogP) is 2.80. The molecule has 104 valence electrons. The molecular weight excluding hydrogens is 261 g/mol. The van der Waals surface area contributed by atoms with Gasteiger partial charge in [-0.1, -0.05) is 6.92 Å². The summed E-state index contributed by atoms with van der Waals surface area (Å²) in [6.45, 7) is 2.67. The summed E-state index contributed by atoms with van der Waals surface area (Å²) in [6, 6.07) is 6.97. The van der Waals surface area contributed by atoms with Crippen LogP contribution < -0.4 is 5.32 Å². The van der Waals surface area contributed by atoms with Crippen LogP contribution in [0.25, 0.3) is 11.4 Å². The maximum absolute atomic E-state index is 12.9. The number of carboxylic acids is 1. The Bertz CT molecular complexity index is 614. The number of benzene rings is 1. The summed E-state index contributed by atoms with van der Waals surface area (Å²) in [5, 5.41) is 12.1. The first-order valence-corrected chi connectivity index (χ1v) is 6.22. The van der Waals surface area contributed by atoms with Crippen LogP contribution >= 0.6 is 0 Å². The molecule has 1 aromatic carbocycles. The van der Waals surface area contributed by atoms with E-state index in [1.165, 1.54) is 30.3 Å². The van der Waals surface area contributed by atoms with Gasteiger partial charge in [0.2, 0.25) is 0 Å². The van der Waals surface area contributed by atoms with Gasteiger partial charge >= 0.3 is 5.97 Å². The molecule has 0 aliphatic rings. The van der Waals surface area contributed by atoms with Gasteiger partial charge in [-0.25, -0.2) is 19.2 Å². The van der Waals surface area contributed by atoms with Gasteiger partial charge in [0, 0.05) is 18.2 Å². The van der Waals surface area contributed by atoms with Crippen molar-refractivity contribution in [2.75, 3.05) is 11.9 Å². The Labute approximate surface area is 115 Å². The SMILES string of the molecule is CCCNc1cc(C(=O)O)nc(-c2ccc(F)cc2)n1. The molecule has 2 aromatic rings. The zero-order chi connectivity index (χ0) is 14.5. The molecule has 0 unspecified atom stereocenters. The van der Waals surface area contributed by atoms with E-state index in [4.69, 9.17) is 5.11 Å². The fourth-order valence-electron chi connectivity index (χ4n) is 1.63. The number of rotatable bonds is 5. The first-order valence-electron chi connectivity index (χ1n) is 6.22. The van der Waals surface area contributed by atoms with Crippen molar-refractivity contribution in [2.45, 2.75) is 13.3 Å². The maximum atomic E-state index is 12.9. The summed E-state index contributed by atoms with van der Waals surface area (Å²) >= 11 is 0. The molecule has 0 fully saturated rings. The van der Waals surface area contributed by atoms with Crippen molar-refractivity contribution < 1.29 is 14.3 Å². The predicted molar refractivity (Wildman–Crippen MR) is 73.2 cm³/mol. The third-order valence-corrected chi connectivity index (χ3v) is 2.60. The minimum Gasteiger partial charge on any atom is -0.477 e. The zero-order valence-electron chi connectivity index (χ0n) is 10.9. The van der Waals surface area contributed by atoms with Crippen molar-refractivity contribution >= 4 is 11.8 Å². The van der Waals surface area contributed by atoms with Gasteiger partial charge in [-0.05, 0) is 30.7 Å². The Hall–Kier alpha value is -2.50. The number of aromatic nitrogens is 2. The van der Waals surface area contributed by atoms with Crippen molar-refractivity contribution in [2.24, 2.45) is 0 Å². The quantitative estimate of drug-likeness (QED) is 0.877. The summed E-state index contributed by atoms with van der Waals surface area (Å²) < 4.78 is 12.9. The molecule has 0 radical (unpaired) electrons. The molecule has 0 spiro atoms. The van der Waals surface area contributed by atoms with Crippen molar-refractivity contribution in [1.29, 1.82) is 0 Å². The highest BCUT2D eigenvalue weighted by Gasteiger charge is 2.11. The number of anilines is 1. The average Bonchev–Trinajstić information content (AvgIpc) is 2.45. The summed E-state index contributed by atoms with van der Waals surface area (Å²) in [4.78, 5) is 19.3. The number of nitrogens with one attached hydrogen (secondary N) is 1. The number of halogens is 1. The van der Waals surface area contributed by atoms with Crippen LogP contribution in [0.15, 0.2) is 30.3 Å². The highest BCUT2D eigenvalue weighted by Crippen LogP contribution is 2.18. The summed E-state index contributed by atoms with van der Waals surface area (Å²) in [5.41, 5.74) is 0.465. The second kappa shape index (κ2) is 6.10. The van der Waals surface area contributed by atoms with Crippen LogP contribution in [0.1, 0.15) is 23.8 Å². The Morgan fingerprint density at radius 3 is 2.60 bits per heavy atom. The summed E-state index contributed by atoms with van der Waals surface area (Å²) in [6.07, 6.45) is 0.887. The van der Waals surface area contributed by atoms with Crippen LogP contribution in [0.2, 0.25) is 0 Å². The van der Waals surface area contributed by atoms with Gasteiger partial charge in [0.05, 0.1) is 0 Å². The van der Waals surface area contributed by atoms with Crippen molar-refractivity contribution in [3.8, 4) is 11.4 Å². The van der Waals surface area contributed by atoms with E-state index in [2.05, 4.69) is 15.3 Å². The minimum absolute atomic E-state index is 0.0991. The van der Waals surface area contributed by atoms with Gasteiger partial charge < -0.3 is 10.4 Å². The third-order valence-electron chi connectivity index (χ3n) is 2.60. The molecule has 0 atom stereocenters. The van der Waals surface area contributed by atoms with Crippen molar-refractivity contribution in [3.63, 3.8) is 0 Å². The smallest absolute Gasteiger partial charge is 0.354 e. The third kappa shape index (κ3) is 3.28. The highest BCUT2D eigenvalue weighted by atomic mass is 19.1. The molecule has 0 bridgehead atoms. The Morgan fingerprint density at radius 2 is 2.00 bits per heavy atom. The standard InChI is InChI=1S/C14H14FN3O2/c1-2-7-16-12-8-11(14(19)20)17-13(18-12)9-3-5-10(15)6-4-9/h3-6,8H,2,7H2,1H3,(H,19,20)(H,16,17,18). The fourth-order valence-corrected chi connectivity index (χ4v) is 1.63. The van der Waals surface area contributed by atoms with Crippen LogP contribution in [0.3, 0.4) is 0 Å². The molecule has 0 amide bonds. The fraction of sp³-hybridized carbons (Fsp3) is 0.214. The Balaban J connectivity index is 2.43. The van der Waals surface area contributed by atoms with Crippen molar-refractivity contribution in [1.82, 2.24) is 9.97 Å². The van der Waals surface area contributed by atoms with Crippen LogP contribution in [0.5, 0.6) is 0 Å².